The summed E-state index contributed by atoms with van der Waals surface area (Å²) in [5.74, 6) is -0.708. The summed E-state index contributed by atoms with van der Waals surface area (Å²) in [6, 6.07) is -0.930. The van der Waals surface area contributed by atoms with Gasteiger partial charge in [-0.3, -0.25) is 4.79 Å². The van der Waals surface area contributed by atoms with E-state index in [2.05, 4.69) is 5.32 Å². The van der Waals surface area contributed by atoms with Gasteiger partial charge in [0.15, 0.2) is 0 Å². The topological polar surface area (TPSA) is 130 Å². The summed E-state index contributed by atoms with van der Waals surface area (Å²) in [7, 11) is -3.14. The van der Waals surface area contributed by atoms with Crippen LogP contribution in [-0.4, -0.2) is 61.8 Å². The molecular weight excluding hydrogens is 236 g/mol. The smallest absolute Gasteiger partial charge is 0.237 e. The van der Waals surface area contributed by atoms with Crippen LogP contribution in [-0.2, 0) is 14.6 Å². The van der Waals surface area contributed by atoms with E-state index in [0.717, 1.165) is 6.26 Å². The first-order valence-corrected chi connectivity index (χ1v) is 6.82. The lowest BCUT2D eigenvalue weighted by molar-refractivity contribution is -0.122. The SMILES string of the molecule is CS(=O)(=O)CCC(N)C(=O)NCC(O)CO. The molecule has 0 saturated heterocycles. The average Bonchev–Trinajstić information content (AvgIpc) is 2.20. The molecule has 0 bridgehead atoms. The van der Waals surface area contributed by atoms with Gasteiger partial charge in [-0.05, 0) is 6.42 Å². The van der Waals surface area contributed by atoms with E-state index in [0.29, 0.717) is 0 Å². The number of aliphatic hydroxyl groups is 2. The molecule has 1 amide bonds. The van der Waals surface area contributed by atoms with Crippen LogP contribution in [0.3, 0.4) is 0 Å². The van der Waals surface area contributed by atoms with E-state index in [9.17, 15) is 13.2 Å². The van der Waals surface area contributed by atoms with Crippen molar-refractivity contribution in [2.75, 3.05) is 25.2 Å². The number of aliphatic hydroxyl groups excluding tert-OH is 2. The summed E-state index contributed by atoms with van der Waals surface area (Å²) in [4.78, 5) is 11.3. The van der Waals surface area contributed by atoms with E-state index in [4.69, 9.17) is 15.9 Å². The van der Waals surface area contributed by atoms with Crippen molar-refractivity contribution < 1.29 is 23.4 Å². The highest BCUT2D eigenvalue weighted by Crippen LogP contribution is 1.94. The van der Waals surface area contributed by atoms with Gasteiger partial charge < -0.3 is 21.3 Å². The largest absolute Gasteiger partial charge is 0.394 e. The molecule has 0 spiro atoms. The molecule has 2 atom stereocenters. The molecular formula is C8H18N2O5S. The average molecular weight is 254 g/mol. The first kappa shape index (κ1) is 15.3. The lowest BCUT2D eigenvalue weighted by Crippen LogP contribution is -2.44. The van der Waals surface area contributed by atoms with Crippen LogP contribution in [0, 0.1) is 0 Å². The zero-order valence-corrected chi connectivity index (χ0v) is 9.90. The molecule has 0 aliphatic heterocycles. The van der Waals surface area contributed by atoms with Crippen molar-refractivity contribution >= 4 is 15.7 Å². The predicted octanol–water partition coefficient (Wildman–Crippen LogP) is -2.78. The lowest BCUT2D eigenvalue weighted by Gasteiger charge is -2.13. The van der Waals surface area contributed by atoms with Gasteiger partial charge in [-0.2, -0.15) is 0 Å². The van der Waals surface area contributed by atoms with Crippen molar-refractivity contribution in [2.24, 2.45) is 5.73 Å². The Morgan fingerprint density at radius 2 is 2.06 bits per heavy atom. The summed E-state index contributed by atoms with van der Waals surface area (Å²) in [6.45, 7) is -0.569. The minimum atomic E-state index is -3.14. The van der Waals surface area contributed by atoms with Crippen molar-refractivity contribution in [2.45, 2.75) is 18.6 Å². The van der Waals surface area contributed by atoms with Gasteiger partial charge in [0.25, 0.3) is 0 Å². The fraction of sp³-hybridized carbons (Fsp3) is 0.875. The fourth-order valence-corrected chi connectivity index (χ4v) is 1.57. The van der Waals surface area contributed by atoms with Crippen LogP contribution in [0.5, 0.6) is 0 Å². The number of hydrogen-bond donors (Lipinski definition) is 4. The molecule has 8 heteroatoms. The molecule has 0 aliphatic carbocycles. The van der Waals surface area contributed by atoms with Gasteiger partial charge in [-0.1, -0.05) is 0 Å². The highest BCUT2D eigenvalue weighted by molar-refractivity contribution is 7.90. The Hall–Kier alpha value is -0.700. The Kier molecular flexibility index (Phi) is 6.49. The van der Waals surface area contributed by atoms with Crippen LogP contribution in [0.15, 0.2) is 0 Å². The molecule has 0 aromatic heterocycles. The number of carbonyl (C=O) groups is 1. The molecule has 0 aromatic rings. The summed E-state index contributed by atoms with van der Waals surface area (Å²) in [5, 5.41) is 19.7. The van der Waals surface area contributed by atoms with Crippen molar-refractivity contribution in [1.82, 2.24) is 5.32 Å². The number of rotatable bonds is 7. The minimum Gasteiger partial charge on any atom is -0.394 e. The molecule has 0 fully saturated rings. The third-order valence-electron chi connectivity index (χ3n) is 1.86. The monoisotopic (exact) mass is 254 g/mol. The minimum absolute atomic E-state index is 0.0277. The number of hydrogen-bond acceptors (Lipinski definition) is 6. The van der Waals surface area contributed by atoms with Crippen LogP contribution in [0.1, 0.15) is 6.42 Å². The molecule has 0 aromatic carbocycles. The maximum absolute atomic E-state index is 11.3. The van der Waals surface area contributed by atoms with Gasteiger partial charge >= 0.3 is 0 Å². The molecule has 96 valence electrons. The zero-order valence-electron chi connectivity index (χ0n) is 9.09. The third kappa shape index (κ3) is 7.57. The molecule has 7 nitrogen and oxygen atoms in total. The lowest BCUT2D eigenvalue weighted by atomic mass is 10.2. The van der Waals surface area contributed by atoms with E-state index in [-0.39, 0.29) is 18.7 Å². The summed E-state index contributed by atoms with van der Waals surface area (Å²) in [6.07, 6.45) is 0.0542. The van der Waals surface area contributed by atoms with Crippen LogP contribution in [0.2, 0.25) is 0 Å². The van der Waals surface area contributed by atoms with Crippen molar-refractivity contribution in [1.29, 1.82) is 0 Å². The summed E-state index contributed by atoms with van der Waals surface area (Å²) >= 11 is 0. The molecule has 0 saturated carbocycles. The van der Waals surface area contributed by atoms with Gasteiger partial charge in [0.1, 0.15) is 9.84 Å². The molecule has 0 radical (unpaired) electrons. The summed E-state index contributed by atoms with van der Waals surface area (Å²) in [5.41, 5.74) is 5.43. The first-order valence-electron chi connectivity index (χ1n) is 4.76. The Morgan fingerprint density at radius 3 is 2.50 bits per heavy atom. The number of nitrogens with one attached hydrogen (secondary N) is 1. The Labute approximate surface area is 94.6 Å². The zero-order chi connectivity index (χ0) is 12.8. The van der Waals surface area contributed by atoms with Crippen molar-refractivity contribution in [3.05, 3.63) is 0 Å². The van der Waals surface area contributed by atoms with E-state index in [1.807, 2.05) is 0 Å². The summed E-state index contributed by atoms with van der Waals surface area (Å²) < 4.78 is 21.6. The van der Waals surface area contributed by atoms with Crippen molar-refractivity contribution in [3.8, 4) is 0 Å². The number of nitrogens with two attached hydrogens (primary N) is 1. The van der Waals surface area contributed by atoms with Gasteiger partial charge in [0, 0.05) is 12.8 Å². The third-order valence-corrected chi connectivity index (χ3v) is 2.84. The molecule has 0 heterocycles. The second-order valence-corrected chi connectivity index (χ2v) is 5.87. The molecule has 0 rings (SSSR count). The number of sulfone groups is 1. The fourth-order valence-electron chi connectivity index (χ4n) is 0.886. The highest BCUT2D eigenvalue weighted by Gasteiger charge is 2.16. The normalized spacial score (nSPS) is 15.5. The predicted molar refractivity (Wildman–Crippen MR) is 58.4 cm³/mol. The van der Waals surface area contributed by atoms with Crippen LogP contribution < -0.4 is 11.1 Å². The van der Waals surface area contributed by atoms with E-state index in [1.54, 1.807) is 0 Å². The first-order chi connectivity index (χ1) is 7.26. The second kappa shape index (κ2) is 6.79. The Bertz CT molecular complexity index is 316. The van der Waals surface area contributed by atoms with E-state index >= 15 is 0 Å². The van der Waals surface area contributed by atoms with Gasteiger partial charge in [0.2, 0.25) is 5.91 Å². The van der Waals surface area contributed by atoms with Crippen LogP contribution in [0.4, 0.5) is 0 Å². The number of carbonyl (C=O) groups excluding carboxylic acids is 1. The van der Waals surface area contributed by atoms with Crippen LogP contribution >= 0.6 is 0 Å². The van der Waals surface area contributed by atoms with E-state index < -0.39 is 34.5 Å². The molecule has 5 N–H and O–H groups in total. The van der Waals surface area contributed by atoms with Gasteiger partial charge in [0.05, 0.1) is 24.5 Å². The van der Waals surface area contributed by atoms with Crippen LogP contribution in [0.25, 0.3) is 0 Å². The standard InChI is InChI=1S/C8H18N2O5S/c1-16(14,15)3-2-7(9)8(13)10-4-6(12)5-11/h6-7,11-12H,2-5,9H2,1H3,(H,10,13). The molecule has 2 unspecified atom stereocenters. The Morgan fingerprint density at radius 1 is 1.50 bits per heavy atom. The Balaban J connectivity index is 3.91. The van der Waals surface area contributed by atoms with Crippen molar-refractivity contribution in [3.63, 3.8) is 0 Å². The maximum atomic E-state index is 11.3. The maximum Gasteiger partial charge on any atom is 0.237 e. The van der Waals surface area contributed by atoms with Gasteiger partial charge in [-0.15, -0.1) is 0 Å². The van der Waals surface area contributed by atoms with E-state index in [1.165, 1.54) is 0 Å². The second-order valence-electron chi connectivity index (χ2n) is 3.61. The quantitative estimate of drug-likeness (QED) is 0.389. The van der Waals surface area contributed by atoms with Gasteiger partial charge in [-0.25, -0.2) is 8.42 Å². The number of amides is 1. The highest BCUT2D eigenvalue weighted by atomic mass is 32.2. The molecule has 0 aliphatic rings. The molecule has 16 heavy (non-hydrogen) atoms.